The van der Waals surface area contributed by atoms with Gasteiger partial charge in [0.05, 0.1) is 20.8 Å². The van der Waals surface area contributed by atoms with Crippen LogP contribution in [0.5, 0.6) is 0 Å². The quantitative estimate of drug-likeness (QED) is 0.420. The van der Waals surface area contributed by atoms with Crippen molar-refractivity contribution in [3.05, 3.63) is 11.1 Å². The maximum atomic E-state index is 11.9. The highest BCUT2D eigenvalue weighted by Crippen LogP contribution is 2.48. The predicted octanol–water partition coefficient (Wildman–Crippen LogP) is 0.369. The number of esters is 3. The Morgan fingerprint density at radius 3 is 2.29 bits per heavy atom. The van der Waals surface area contributed by atoms with E-state index in [0.29, 0.717) is 11.1 Å². The largest absolute Gasteiger partial charge is 0.467 e. The summed E-state index contributed by atoms with van der Waals surface area (Å²) in [6, 6.07) is 0. The number of epoxide rings is 1. The number of hydrogen-bond donors (Lipinski definition) is 0. The van der Waals surface area contributed by atoms with Crippen molar-refractivity contribution in [1.82, 2.24) is 0 Å². The molecule has 7 nitrogen and oxygen atoms in total. The third-order valence-corrected chi connectivity index (χ3v) is 4.00. The van der Waals surface area contributed by atoms with E-state index in [1.807, 2.05) is 0 Å². The van der Waals surface area contributed by atoms with Gasteiger partial charge in [-0.2, -0.15) is 0 Å². The molecule has 0 spiro atoms. The normalized spacial score (nSPS) is 30.9. The van der Waals surface area contributed by atoms with Crippen molar-refractivity contribution in [2.45, 2.75) is 32.0 Å². The van der Waals surface area contributed by atoms with Gasteiger partial charge >= 0.3 is 17.9 Å². The van der Waals surface area contributed by atoms with E-state index in [1.54, 1.807) is 6.92 Å². The second-order valence-electron chi connectivity index (χ2n) is 5.16. The summed E-state index contributed by atoms with van der Waals surface area (Å²) in [5.74, 6) is -1.99. The summed E-state index contributed by atoms with van der Waals surface area (Å²) in [5, 5.41) is 0. The third-order valence-electron chi connectivity index (χ3n) is 4.00. The van der Waals surface area contributed by atoms with E-state index >= 15 is 0 Å². The van der Waals surface area contributed by atoms with Gasteiger partial charge in [0.1, 0.15) is 6.10 Å². The Morgan fingerprint density at radius 2 is 1.86 bits per heavy atom. The molecule has 1 fully saturated rings. The molecule has 0 bridgehead atoms. The first-order chi connectivity index (χ1) is 9.87. The maximum Gasteiger partial charge on any atom is 0.341 e. The number of ether oxygens (including phenoxy) is 4. The molecule has 116 valence electrons. The Kier molecular flexibility index (Phi) is 4.04. The smallest absolute Gasteiger partial charge is 0.341 e. The molecule has 21 heavy (non-hydrogen) atoms. The van der Waals surface area contributed by atoms with Gasteiger partial charge in [-0.05, 0) is 18.9 Å². The van der Waals surface area contributed by atoms with Crippen molar-refractivity contribution >= 4 is 17.9 Å². The first-order valence-electron chi connectivity index (χ1n) is 6.55. The van der Waals surface area contributed by atoms with E-state index < -0.39 is 35.5 Å². The molecule has 0 N–H and O–H groups in total. The molecule has 0 unspecified atom stereocenters. The van der Waals surface area contributed by atoms with Crippen molar-refractivity contribution in [2.24, 2.45) is 5.92 Å². The minimum atomic E-state index is -1.15. The van der Waals surface area contributed by atoms with Crippen LogP contribution in [0.15, 0.2) is 11.1 Å². The fourth-order valence-electron chi connectivity index (χ4n) is 2.82. The molecule has 7 heteroatoms. The van der Waals surface area contributed by atoms with Gasteiger partial charge in [0, 0.05) is 18.4 Å². The van der Waals surface area contributed by atoms with Crippen LogP contribution in [0.4, 0.5) is 0 Å². The SMILES string of the molecule is COC(=O)C1=C(C)[C@H](OC(C)=O)[C@@H]([C@@]2(C(=O)OC)CO2)C1. The molecular weight excluding hydrogens is 280 g/mol. The zero-order valence-electron chi connectivity index (χ0n) is 12.4. The number of carbonyl (C=O) groups excluding carboxylic acids is 3. The van der Waals surface area contributed by atoms with E-state index in [9.17, 15) is 14.4 Å². The van der Waals surface area contributed by atoms with Gasteiger partial charge in [0.25, 0.3) is 0 Å². The zero-order valence-corrected chi connectivity index (χ0v) is 12.4. The highest BCUT2D eigenvalue weighted by molar-refractivity contribution is 5.91. The lowest BCUT2D eigenvalue weighted by Crippen LogP contribution is -2.41. The average Bonchev–Trinajstić information content (AvgIpc) is 3.19. The average molecular weight is 298 g/mol. The summed E-state index contributed by atoms with van der Waals surface area (Å²) in [6.45, 7) is 3.15. The fraction of sp³-hybridized carbons (Fsp3) is 0.643. The molecule has 1 aliphatic carbocycles. The summed E-state index contributed by atoms with van der Waals surface area (Å²) in [7, 11) is 2.55. The molecule has 1 heterocycles. The van der Waals surface area contributed by atoms with E-state index in [2.05, 4.69) is 0 Å². The molecule has 0 aromatic rings. The molecule has 2 aliphatic rings. The van der Waals surface area contributed by atoms with Crippen molar-refractivity contribution in [1.29, 1.82) is 0 Å². The highest BCUT2D eigenvalue weighted by Gasteiger charge is 2.64. The fourth-order valence-corrected chi connectivity index (χ4v) is 2.82. The molecule has 2 rings (SSSR count). The van der Waals surface area contributed by atoms with Gasteiger partial charge < -0.3 is 18.9 Å². The monoisotopic (exact) mass is 298 g/mol. The summed E-state index contributed by atoms with van der Waals surface area (Å²) >= 11 is 0. The molecule has 0 saturated carbocycles. The van der Waals surface area contributed by atoms with Crippen molar-refractivity contribution in [3.8, 4) is 0 Å². The van der Waals surface area contributed by atoms with Gasteiger partial charge in [-0.3, -0.25) is 4.79 Å². The van der Waals surface area contributed by atoms with Gasteiger partial charge in [0.2, 0.25) is 0 Å². The topological polar surface area (TPSA) is 91.4 Å². The summed E-state index contributed by atoms with van der Waals surface area (Å²) in [6.07, 6.45) is -0.454. The van der Waals surface area contributed by atoms with E-state index in [-0.39, 0.29) is 13.0 Å². The van der Waals surface area contributed by atoms with Crippen LogP contribution >= 0.6 is 0 Å². The standard InChI is InChI=1S/C14H18O7/c1-7-9(12(16)18-3)5-10(11(7)21-8(2)15)14(6-20-14)13(17)19-4/h10-11H,5-6H2,1-4H3/t10-,11-,14+/m0/s1. The summed E-state index contributed by atoms with van der Waals surface area (Å²) < 4.78 is 20.1. The molecule has 1 aliphatic heterocycles. The molecule has 1 saturated heterocycles. The Hall–Kier alpha value is -1.89. The Balaban J connectivity index is 2.33. The lowest BCUT2D eigenvalue weighted by molar-refractivity contribution is -0.156. The third kappa shape index (κ3) is 2.53. The number of methoxy groups -OCH3 is 2. The minimum Gasteiger partial charge on any atom is -0.467 e. The van der Waals surface area contributed by atoms with Crippen LogP contribution in [0.2, 0.25) is 0 Å². The van der Waals surface area contributed by atoms with Gasteiger partial charge in [-0.1, -0.05) is 0 Å². The van der Waals surface area contributed by atoms with E-state index in [4.69, 9.17) is 18.9 Å². The summed E-state index contributed by atoms with van der Waals surface area (Å²) in [4.78, 5) is 35.1. The van der Waals surface area contributed by atoms with Crippen molar-refractivity contribution in [2.75, 3.05) is 20.8 Å². The van der Waals surface area contributed by atoms with Crippen LogP contribution in [-0.4, -0.2) is 50.4 Å². The molecule has 0 aromatic carbocycles. The Bertz CT molecular complexity index is 515. The van der Waals surface area contributed by atoms with Crippen LogP contribution in [0, 0.1) is 5.92 Å². The second-order valence-corrected chi connectivity index (χ2v) is 5.16. The first-order valence-corrected chi connectivity index (χ1v) is 6.55. The van der Waals surface area contributed by atoms with Crippen molar-refractivity contribution in [3.63, 3.8) is 0 Å². The van der Waals surface area contributed by atoms with Crippen LogP contribution in [-0.2, 0) is 33.3 Å². The minimum absolute atomic E-state index is 0.184. The molecule has 3 atom stereocenters. The molecular formula is C14H18O7. The van der Waals surface area contributed by atoms with Crippen molar-refractivity contribution < 1.29 is 33.3 Å². The number of rotatable bonds is 4. The Labute approximate surface area is 122 Å². The molecule has 0 aromatic heterocycles. The zero-order chi connectivity index (χ0) is 15.8. The highest BCUT2D eigenvalue weighted by atomic mass is 16.6. The van der Waals surface area contributed by atoms with Gasteiger partial charge in [0.15, 0.2) is 5.60 Å². The number of hydrogen-bond acceptors (Lipinski definition) is 7. The molecule has 0 radical (unpaired) electrons. The van der Waals surface area contributed by atoms with Gasteiger partial charge in [-0.15, -0.1) is 0 Å². The summed E-state index contributed by atoms with van der Waals surface area (Å²) in [5.41, 5.74) is -0.153. The number of carbonyl (C=O) groups is 3. The Morgan fingerprint density at radius 1 is 1.24 bits per heavy atom. The second kappa shape index (κ2) is 5.48. The lowest BCUT2D eigenvalue weighted by atomic mass is 9.87. The van der Waals surface area contributed by atoms with Crippen LogP contribution < -0.4 is 0 Å². The first kappa shape index (κ1) is 15.5. The van der Waals surface area contributed by atoms with E-state index in [1.165, 1.54) is 21.1 Å². The predicted molar refractivity (Wildman–Crippen MR) is 69.1 cm³/mol. The van der Waals surface area contributed by atoms with Gasteiger partial charge in [-0.25, -0.2) is 9.59 Å². The van der Waals surface area contributed by atoms with Crippen LogP contribution in [0.25, 0.3) is 0 Å². The van der Waals surface area contributed by atoms with E-state index in [0.717, 1.165) is 0 Å². The van der Waals surface area contributed by atoms with Crippen LogP contribution in [0.3, 0.4) is 0 Å². The maximum absolute atomic E-state index is 11.9. The molecule has 0 amide bonds. The van der Waals surface area contributed by atoms with Crippen LogP contribution in [0.1, 0.15) is 20.3 Å². The lowest BCUT2D eigenvalue weighted by Gasteiger charge is -2.25.